The monoisotopic (exact) mass is 277 g/mol. The number of aryl methyl sites for hydroxylation is 2. The lowest BCUT2D eigenvalue weighted by atomic mass is 9.75. The number of hydrogen-bond acceptors (Lipinski definition) is 1. The van der Waals surface area contributed by atoms with Crippen LogP contribution in [-0.4, -0.2) is 0 Å². The molecule has 1 aliphatic rings. The Labute approximate surface area is 122 Å². The van der Waals surface area contributed by atoms with E-state index in [1.54, 1.807) is 6.07 Å². The molecule has 1 unspecified atom stereocenters. The summed E-state index contributed by atoms with van der Waals surface area (Å²) in [5.74, 6) is 1.19. The first-order valence-corrected chi connectivity index (χ1v) is 8.05. The molecule has 1 aromatic carbocycles. The molecule has 1 atom stereocenters. The molecule has 0 aliphatic heterocycles. The summed E-state index contributed by atoms with van der Waals surface area (Å²) in [4.78, 5) is 0. The minimum absolute atomic E-state index is 0.120. The van der Waals surface area contributed by atoms with Crippen LogP contribution in [-0.2, 0) is 0 Å². The van der Waals surface area contributed by atoms with Gasteiger partial charge in [-0.2, -0.15) is 0 Å². The Bertz CT molecular complexity index is 424. The van der Waals surface area contributed by atoms with Crippen molar-refractivity contribution in [3.63, 3.8) is 0 Å². The van der Waals surface area contributed by atoms with Gasteiger partial charge in [-0.25, -0.2) is 4.39 Å². The van der Waals surface area contributed by atoms with Crippen LogP contribution >= 0.6 is 0 Å². The molecule has 1 aliphatic carbocycles. The van der Waals surface area contributed by atoms with Crippen molar-refractivity contribution in [3.8, 4) is 0 Å². The van der Waals surface area contributed by atoms with E-state index in [0.717, 1.165) is 35.4 Å². The Morgan fingerprint density at radius 1 is 1.20 bits per heavy atom. The van der Waals surface area contributed by atoms with Crippen LogP contribution in [0.3, 0.4) is 0 Å². The predicted molar refractivity (Wildman–Crippen MR) is 83.2 cm³/mol. The molecule has 0 amide bonds. The first kappa shape index (κ1) is 15.5. The molecule has 1 fully saturated rings. The van der Waals surface area contributed by atoms with Crippen molar-refractivity contribution in [2.24, 2.45) is 17.6 Å². The van der Waals surface area contributed by atoms with Crippen LogP contribution in [0.4, 0.5) is 4.39 Å². The molecule has 2 N–H and O–H groups in total. The summed E-state index contributed by atoms with van der Waals surface area (Å²) in [7, 11) is 0. The third kappa shape index (κ3) is 3.41. The summed E-state index contributed by atoms with van der Waals surface area (Å²) in [5.41, 5.74) is 9.13. The summed E-state index contributed by atoms with van der Waals surface area (Å²) in [5, 5.41) is 0. The van der Waals surface area contributed by atoms with Crippen LogP contribution in [0.1, 0.15) is 68.2 Å². The van der Waals surface area contributed by atoms with E-state index in [0.29, 0.717) is 5.92 Å². The summed E-state index contributed by atoms with van der Waals surface area (Å²) < 4.78 is 14.2. The van der Waals surface area contributed by atoms with Gasteiger partial charge >= 0.3 is 0 Å². The van der Waals surface area contributed by atoms with Gasteiger partial charge in [-0.05, 0) is 55.7 Å². The van der Waals surface area contributed by atoms with Gasteiger partial charge in [0.25, 0.3) is 0 Å². The van der Waals surface area contributed by atoms with Crippen molar-refractivity contribution in [2.45, 2.75) is 65.3 Å². The molecule has 0 saturated heterocycles. The molecule has 0 bridgehead atoms. The molecule has 1 aromatic rings. The Balaban J connectivity index is 2.07. The smallest absolute Gasteiger partial charge is 0.128 e. The van der Waals surface area contributed by atoms with Gasteiger partial charge in [-0.3, -0.25) is 0 Å². The molecule has 0 radical (unpaired) electrons. The molecule has 112 valence electrons. The quantitative estimate of drug-likeness (QED) is 0.819. The van der Waals surface area contributed by atoms with Gasteiger partial charge in [0.2, 0.25) is 0 Å². The zero-order valence-corrected chi connectivity index (χ0v) is 13.1. The van der Waals surface area contributed by atoms with Crippen molar-refractivity contribution in [1.82, 2.24) is 0 Å². The lowest BCUT2D eigenvalue weighted by Crippen LogP contribution is -2.27. The second-order valence-electron chi connectivity index (χ2n) is 6.57. The number of hydrogen-bond donors (Lipinski definition) is 1. The first-order valence-electron chi connectivity index (χ1n) is 8.05. The Morgan fingerprint density at radius 2 is 1.85 bits per heavy atom. The molecular formula is C18H28FN. The summed E-state index contributed by atoms with van der Waals surface area (Å²) in [6, 6.07) is 3.52. The third-order valence-electron chi connectivity index (χ3n) is 4.91. The molecule has 0 aromatic heterocycles. The van der Waals surface area contributed by atoms with Gasteiger partial charge in [-0.15, -0.1) is 0 Å². The Hall–Kier alpha value is -0.890. The number of nitrogens with two attached hydrogens (primary N) is 1. The van der Waals surface area contributed by atoms with Gasteiger partial charge < -0.3 is 5.73 Å². The summed E-state index contributed by atoms with van der Waals surface area (Å²) in [6.07, 6.45) is 7.43. The van der Waals surface area contributed by atoms with E-state index in [-0.39, 0.29) is 11.9 Å². The highest BCUT2D eigenvalue weighted by Crippen LogP contribution is 2.38. The van der Waals surface area contributed by atoms with E-state index in [1.165, 1.54) is 25.7 Å². The fourth-order valence-corrected chi connectivity index (χ4v) is 3.83. The zero-order chi connectivity index (χ0) is 14.7. The van der Waals surface area contributed by atoms with E-state index in [9.17, 15) is 4.39 Å². The fourth-order valence-electron chi connectivity index (χ4n) is 3.83. The van der Waals surface area contributed by atoms with Gasteiger partial charge in [0.1, 0.15) is 5.82 Å². The van der Waals surface area contributed by atoms with Crippen LogP contribution in [0.5, 0.6) is 0 Å². The highest BCUT2D eigenvalue weighted by Gasteiger charge is 2.28. The minimum Gasteiger partial charge on any atom is -0.324 e. The average molecular weight is 277 g/mol. The molecule has 1 nitrogen and oxygen atoms in total. The van der Waals surface area contributed by atoms with Crippen molar-refractivity contribution in [2.75, 3.05) is 0 Å². The van der Waals surface area contributed by atoms with Crippen LogP contribution in [0.15, 0.2) is 12.1 Å². The molecule has 20 heavy (non-hydrogen) atoms. The van der Waals surface area contributed by atoms with Gasteiger partial charge in [0.15, 0.2) is 0 Å². The normalized spacial score (nSPS) is 24.6. The first-order chi connectivity index (χ1) is 9.52. The van der Waals surface area contributed by atoms with Crippen molar-refractivity contribution >= 4 is 0 Å². The van der Waals surface area contributed by atoms with E-state index in [1.807, 2.05) is 19.9 Å². The Kier molecular flexibility index (Phi) is 5.20. The standard InChI is InChI=1S/C18H28FN/c1-4-5-14-6-8-15(9-7-14)18(20)17-13(3)10-12(2)11-16(17)19/h10-11,14-15,18H,4-9,20H2,1-3H3. The van der Waals surface area contributed by atoms with Crippen LogP contribution in [0, 0.1) is 31.5 Å². The van der Waals surface area contributed by atoms with Crippen LogP contribution in [0.25, 0.3) is 0 Å². The highest BCUT2D eigenvalue weighted by atomic mass is 19.1. The largest absolute Gasteiger partial charge is 0.324 e. The lowest BCUT2D eigenvalue weighted by molar-refractivity contribution is 0.232. The molecule has 2 heteroatoms. The van der Waals surface area contributed by atoms with Crippen molar-refractivity contribution in [3.05, 3.63) is 34.6 Å². The maximum Gasteiger partial charge on any atom is 0.128 e. The summed E-state index contributed by atoms with van der Waals surface area (Å²) in [6.45, 7) is 6.16. The lowest BCUT2D eigenvalue weighted by Gasteiger charge is -2.33. The Morgan fingerprint density at radius 3 is 2.40 bits per heavy atom. The summed E-state index contributed by atoms with van der Waals surface area (Å²) >= 11 is 0. The van der Waals surface area contributed by atoms with Gasteiger partial charge in [0, 0.05) is 11.6 Å². The SMILES string of the molecule is CCCC1CCC(C(N)c2c(C)cc(C)cc2F)CC1. The molecule has 2 rings (SSSR count). The van der Waals surface area contributed by atoms with E-state index < -0.39 is 0 Å². The maximum absolute atomic E-state index is 14.2. The van der Waals surface area contributed by atoms with Gasteiger partial charge in [0.05, 0.1) is 0 Å². The zero-order valence-electron chi connectivity index (χ0n) is 13.1. The van der Waals surface area contributed by atoms with E-state index >= 15 is 0 Å². The fraction of sp³-hybridized carbons (Fsp3) is 0.667. The van der Waals surface area contributed by atoms with Gasteiger partial charge in [-0.1, -0.05) is 38.7 Å². The third-order valence-corrected chi connectivity index (χ3v) is 4.91. The predicted octanol–water partition coefficient (Wildman–Crippen LogP) is 5.05. The van der Waals surface area contributed by atoms with Crippen molar-refractivity contribution < 1.29 is 4.39 Å². The van der Waals surface area contributed by atoms with E-state index in [4.69, 9.17) is 5.73 Å². The molecule has 0 spiro atoms. The molecular weight excluding hydrogens is 249 g/mol. The van der Waals surface area contributed by atoms with E-state index in [2.05, 4.69) is 6.92 Å². The van der Waals surface area contributed by atoms with Crippen molar-refractivity contribution in [1.29, 1.82) is 0 Å². The minimum atomic E-state index is -0.141. The number of halogens is 1. The van der Waals surface area contributed by atoms with Crippen LogP contribution in [0.2, 0.25) is 0 Å². The number of benzene rings is 1. The second-order valence-corrected chi connectivity index (χ2v) is 6.57. The average Bonchev–Trinajstić information content (AvgIpc) is 2.38. The maximum atomic E-state index is 14.2. The highest BCUT2D eigenvalue weighted by molar-refractivity contribution is 5.34. The molecule has 1 saturated carbocycles. The topological polar surface area (TPSA) is 26.0 Å². The number of rotatable bonds is 4. The van der Waals surface area contributed by atoms with Crippen LogP contribution < -0.4 is 5.73 Å². The second kappa shape index (κ2) is 6.71. The molecule has 0 heterocycles.